The fourth-order valence-corrected chi connectivity index (χ4v) is 0.485. The molecule has 0 aromatic carbocycles. The molecule has 0 aromatic rings. The maximum atomic E-state index is 10.2. The van der Waals surface area contributed by atoms with Crippen LogP contribution in [0.15, 0.2) is 0 Å². The van der Waals surface area contributed by atoms with Crippen LogP contribution in [-0.2, 0) is 4.79 Å². The van der Waals surface area contributed by atoms with E-state index in [0.717, 1.165) is 0 Å². The molecule has 1 atom stereocenters. The summed E-state index contributed by atoms with van der Waals surface area (Å²) < 4.78 is 0. The molecular weight excluding hydrogens is 134 g/mol. The van der Waals surface area contributed by atoms with Crippen LogP contribution in [0.25, 0.3) is 0 Å². The van der Waals surface area contributed by atoms with Crippen LogP contribution in [0.5, 0.6) is 0 Å². The highest BCUT2D eigenvalue weighted by atomic mass is 16.4. The fourth-order valence-electron chi connectivity index (χ4n) is 0.485. The minimum atomic E-state index is -0.863. The number of carboxylic acids is 1. The molecule has 3 N–H and O–H groups in total. The van der Waals surface area contributed by atoms with Crippen LogP contribution < -0.4 is 5.32 Å². The summed E-state index contributed by atoms with van der Waals surface area (Å²) in [6.45, 7) is 2.21. The molecule has 10 heavy (non-hydrogen) atoms. The lowest BCUT2D eigenvalue weighted by Crippen LogP contribution is -2.34. The summed E-state index contributed by atoms with van der Waals surface area (Å²) in [5.41, 5.74) is 0. The monoisotopic (exact) mass is 147 g/mol. The first-order valence-electron chi connectivity index (χ1n) is 3.25. The molecule has 1 unspecified atom stereocenters. The number of nitrogens with one attached hydrogen (secondary N) is 1. The minimum Gasteiger partial charge on any atom is -0.480 e. The number of aliphatic hydroxyl groups is 1. The Hall–Kier alpha value is -0.610. The summed E-state index contributed by atoms with van der Waals surface area (Å²) in [6, 6.07) is -0.522. The van der Waals surface area contributed by atoms with Gasteiger partial charge < -0.3 is 15.5 Å². The van der Waals surface area contributed by atoms with Crippen LogP contribution >= 0.6 is 0 Å². The van der Waals surface area contributed by atoms with E-state index in [1.165, 1.54) is 0 Å². The predicted octanol–water partition coefficient (Wildman–Crippen LogP) is -0.569. The molecule has 0 aliphatic heterocycles. The van der Waals surface area contributed by atoms with E-state index in [0.29, 0.717) is 13.0 Å². The van der Waals surface area contributed by atoms with Gasteiger partial charge in [0.15, 0.2) is 0 Å². The summed E-state index contributed by atoms with van der Waals surface area (Å²) >= 11 is 0. The average Bonchev–Trinajstić information content (AvgIpc) is 1.88. The number of aliphatic hydroxyl groups excluding tert-OH is 1. The molecule has 0 bridgehead atoms. The third kappa shape index (κ3) is 4.29. The van der Waals surface area contributed by atoms with Crippen molar-refractivity contribution in [3.05, 3.63) is 0 Å². The molecule has 0 heterocycles. The van der Waals surface area contributed by atoms with Crippen molar-refractivity contribution >= 4 is 5.97 Å². The molecular formula is C6H13NO3. The maximum Gasteiger partial charge on any atom is 0.320 e. The van der Waals surface area contributed by atoms with E-state index in [1.54, 1.807) is 6.92 Å². The number of carboxylic acid groups (broad SMARTS) is 1. The standard InChI is InChI=1S/C6H13NO3/c1-5(6(9)10)7-3-2-4-8/h5,7-8H,2-4H2,1H3,(H,9,10). The van der Waals surface area contributed by atoms with E-state index in [4.69, 9.17) is 10.2 Å². The number of carbonyl (C=O) groups is 1. The molecule has 4 nitrogen and oxygen atoms in total. The molecule has 0 fully saturated rings. The van der Waals surface area contributed by atoms with Crippen molar-refractivity contribution in [2.45, 2.75) is 19.4 Å². The van der Waals surface area contributed by atoms with E-state index >= 15 is 0 Å². The van der Waals surface area contributed by atoms with Gasteiger partial charge >= 0.3 is 5.97 Å². The second-order valence-electron chi connectivity index (χ2n) is 2.09. The van der Waals surface area contributed by atoms with E-state index in [1.807, 2.05) is 0 Å². The van der Waals surface area contributed by atoms with Crippen molar-refractivity contribution in [2.24, 2.45) is 0 Å². The number of hydrogen-bond donors (Lipinski definition) is 3. The lowest BCUT2D eigenvalue weighted by Gasteiger charge is -2.06. The predicted molar refractivity (Wildman–Crippen MR) is 36.8 cm³/mol. The number of hydrogen-bond acceptors (Lipinski definition) is 3. The molecule has 0 saturated carbocycles. The van der Waals surface area contributed by atoms with Crippen LogP contribution in [0.2, 0.25) is 0 Å². The van der Waals surface area contributed by atoms with Gasteiger partial charge in [-0.05, 0) is 19.9 Å². The fraction of sp³-hybridized carbons (Fsp3) is 0.833. The SMILES string of the molecule is CC(NCCCO)C(=O)O. The molecule has 0 saturated heterocycles. The zero-order valence-electron chi connectivity index (χ0n) is 6.00. The summed E-state index contributed by atoms with van der Waals surface area (Å²) in [7, 11) is 0. The van der Waals surface area contributed by atoms with Crippen molar-refractivity contribution in [3.8, 4) is 0 Å². The summed E-state index contributed by atoms with van der Waals surface area (Å²) in [5, 5.41) is 19.4. The summed E-state index contributed by atoms with van der Waals surface area (Å²) in [6.07, 6.45) is 0.595. The normalized spacial score (nSPS) is 13.0. The van der Waals surface area contributed by atoms with Crippen molar-refractivity contribution < 1.29 is 15.0 Å². The highest BCUT2D eigenvalue weighted by Gasteiger charge is 2.07. The van der Waals surface area contributed by atoms with Gasteiger partial charge in [0.25, 0.3) is 0 Å². The Labute approximate surface area is 59.9 Å². The second kappa shape index (κ2) is 5.20. The van der Waals surface area contributed by atoms with Gasteiger partial charge in [0.05, 0.1) is 0 Å². The smallest absolute Gasteiger partial charge is 0.320 e. The van der Waals surface area contributed by atoms with E-state index in [9.17, 15) is 4.79 Å². The molecule has 0 aliphatic carbocycles. The molecule has 4 heteroatoms. The van der Waals surface area contributed by atoms with Gasteiger partial charge in [-0.15, -0.1) is 0 Å². The lowest BCUT2D eigenvalue weighted by molar-refractivity contribution is -0.139. The minimum absolute atomic E-state index is 0.0966. The Bertz CT molecular complexity index is 105. The lowest BCUT2D eigenvalue weighted by atomic mass is 10.3. The van der Waals surface area contributed by atoms with Gasteiger partial charge in [-0.1, -0.05) is 0 Å². The molecule has 0 amide bonds. The molecule has 0 aromatic heterocycles. The first-order valence-corrected chi connectivity index (χ1v) is 3.25. The van der Waals surface area contributed by atoms with Crippen molar-refractivity contribution in [1.82, 2.24) is 5.32 Å². The van der Waals surface area contributed by atoms with Gasteiger partial charge in [0.1, 0.15) is 6.04 Å². The van der Waals surface area contributed by atoms with Crippen LogP contribution in [0.1, 0.15) is 13.3 Å². The van der Waals surface area contributed by atoms with E-state index in [-0.39, 0.29) is 6.61 Å². The Morgan fingerprint density at radius 1 is 1.70 bits per heavy atom. The van der Waals surface area contributed by atoms with Crippen molar-refractivity contribution in [1.29, 1.82) is 0 Å². The quantitative estimate of drug-likeness (QED) is 0.455. The molecule has 0 radical (unpaired) electrons. The largest absolute Gasteiger partial charge is 0.480 e. The van der Waals surface area contributed by atoms with Gasteiger partial charge in [-0.2, -0.15) is 0 Å². The van der Waals surface area contributed by atoms with Gasteiger partial charge in [0.2, 0.25) is 0 Å². The molecule has 0 rings (SSSR count). The Morgan fingerprint density at radius 3 is 2.70 bits per heavy atom. The van der Waals surface area contributed by atoms with Crippen LogP contribution in [0, 0.1) is 0 Å². The summed E-state index contributed by atoms with van der Waals surface area (Å²) in [5.74, 6) is -0.863. The third-order valence-electron chi connectivity index (χ3n) is 1.16. The first kappa shape index (κ1) is 9.39. The van der Waals surface area contributed by atoms with Crippen molar-refractivity contribution in [2.75, 3.05) is 13.2 Å². The van der Waals surface area contributed by atoms with Crippen LogP contribution in [0.4, 0.5) is 0 Å². The van der Waals surface area contributed by atoms with Gasteiger partial charge in [-0.3, -0.25) is 4.79 Å². The van der Waals surface area contributed by atoms with Gasteiger partial charge in [-0.25, -0.2) is 0 Å². The maximum absolute atomic E-state index is 10.2. The first-order chi connectivity index (χ1) is 4.68. The van der Waals surface area contributed by atoms with Gasteiger partial charge in [0, 0.05) is 6.61 Å². The van der Waals surface area contributed by atoms with Crippen molar-refractivity contribution in [3.63, 3.8) is 0 Å². The highest BCUT2D eigenvalue weighted by Crippen LogP contribution is 1.81. The zero-order valence-corrected chi connectivity index (χ0v) is 6.00. The number of aliphatic carboxylic acids is 1. The Morgan fingerprint density at radius 2 is 2.30 bits per heavy atom. The highest BCUT2D eigenvalue weighted by molar-refractivity contribution is 5.72. The number of rotatable bonds is 5. The van der Waals surface area contributed by atoms with E-state index < -0.39 is 12.0 Å². The Balaban J connectivity index is 3.21. The molecule has 0 spiro atoms. The molecule has 60 valence electrons. The Kier molecular flexibility index (Phi) is 4.88. The third-order valence-corrected chi connectivity index (χ3v) is 1.16. The van der Waals surface area contributed by atoms with Crippen LogP contribution in [-0.4, -0.2) is 35.4 Å². The van der Waals surface area contributed by atoms with E-state index in [2.05, 4.69) is 5.32 Å². The second-order valence-corrected chi connectivity index (χ2v) is 2.09. The molecule has 0 aliphatic rings. The summed E-state index contributed by atoms with van der Waals surface area (Å²) in [4.78, 5) is 10.2. The average molecular weight is 147 g/mol. The van der Waals surface area contributed by atoms with Crippen LogP contribution in [0.3, 0.4) is 0 Å². The zero-order chi connectivity index (χ0) is 7.98. The topological polar surface area (TPSA) is 69.6 Å².